The molecule has 0 heterocycles. The molecule has 1 aromatic rings. The summed E-state index contributed by atoms with van der Waals surface area (Å²) in [6, 6.07) is 7.14. The van der Waals surface area contributed by atoms with Crippen LogP contribution in [0.25, 0.3) is 0 Å². The lowest BCUT2D eigenvalue weighted by molar-refractivity contribution is -0.136. The van der Waals surface area contributed by atoms with Crippen molar-refractivity contribution in [2.24, 2.45) is 0 Å². The third-order valence-corrected chi connectivity index (χ3v) is 3.87. The number of nitriles is 1. The van der Waals surface area contributed by atoms with Gasteiger partial charge in [-0.05, 0) is 50.8 Å². The second-order valence-corrected chi connectivity index (χ2v) is 5.12. The van der Waals surface area contributed by atoms with Gasteiger partial charge in [0.25, 0.3) is 5.91 Å². The van der Waals surface area contributed by atoms with E-state index in [1.54, 1.807) is 25.3 Å². The van der Waals surface area contributed by atoms with Crippen molar-refractivity contribution in [2.45, 2.75) is 38.2 Å². The molecule has 21 heavy (non-hydrogen) atoms. The summed E-state index contributed by atoms with van der Waals surface area (Å²) in [6.07, 6.45) is 3.46. The SMILES string of the molecule is CCOc1ccc(NC(=O)C2(OC)CCCC2)cc1C#N. The van der Waals surface area contributed by atoms with E-state index in [1.807, 2.05) is 6.92 Å². The second kappa shape index (κ2) is 6.59. The number of amides is 1. The Morgan fingerprint density at radius 1 is 1.43 bits per heavy atom. The number of nitrogens with zero attached hydrogens (tertiary/aromatic N) is 1. The molecular formula is C16H20N2O3. The maximum absolute atomic E-state index is 12.4. The van der Waals surface area contributed by atoms with Gasteiger partial charge in [-0.25, -0.2) is 0 Å². The number of carbonyl (C=O) groups is 1. The molecule has 0 atom stereocenters. The Balaban J connectivity index is 2.16. The molecule has 0 aliphatic heterocycles. The van der Waals surface area contributed by atoms with Crippen LogP contribution in [0.2, 0.25) is 0 Å². The van der Waals surface area contributed by atoms with Gasteiger partial charge in [0.15, 0.2) is 0 Å². The summed E-state index contributed by atoms with van der Waals surface area (Å²) in [7, 11) is 1.57. The van der Waals surface area contributed by atoms with Crippen LogP contribution in [0.1, 0.15) is 38.2 Å². The van der Waals surface area contributed by atoms with Crippen LogP contribution in [0.3, 0.4) is 0 Å². The molecule has 0 aromatic heterocycles. The minimum atomic E-state index is -0.731. The maximum atomic E-state index is 12.4. The molecule has 0 unspecified atom stereocenters. The predicted octanol–water partition coefficient (Wildman–Crippen LogP) is 2.85. The van der Waals surface area contributed by atoms with E-state index in [0.29, 0.717) is 23.6 Å². The number of carbonyl (C=O) groups excluding carboxylic acids is 1. The Kier molecular flexibility index (Phi) is 4.81. The molecule has 0 radical (unpaired) electrons. The summed E-state index contributed by atoms with van der Waals surface area (Å²) in [5, 5.41) is 12.0. The summed E-state index contributed by atoms with van der Waals surface area (Å²) in [5.41, 5.74) is 0.265. The second-order valence-electron chi connectivity index (χ2n) is 5.12. The summed E-state index contributed by atoms with van der Waals surface area (Å²) in [4.78, 5) is 12.4. The van der Waals surface area contributed by atoms with E-state index in [0.717, 1.165) is 25.7 Å². The molecule has 0 bridgehead atoms. The normalized spacial score (nSPS) is 16.2. The maximum Gasteiger partial charge on any atom is 0.256 e. The Bertz CT molecular complexity index is 557. The zero-order valence-electron chi connectivity index (χ0n) is 12.4. The monoisotopic (exact) mass is 288 g/mol. The average molecular weight is 288 g/mol. The van der Waals surface area contributed by atoms with Crippen LogP contribution in [0, 0.1) is 11.3 Å². The number of ether oxygens (including phenoxy) is 2. The highest BCUT2D eigenvalue weighted by Gasteiger charge is 2.41. The van der Waals surface area contributed by atoms with Gasteiger partial charge in [-0.2, -0.15) is 5.26 Å². The van der Waals surface area contributed by atoms with E-state index in [4.69, 9.17) is 14.7 Å². The van der Waals surface area contributed by atoms with Crippen LogP contribution >= 0.6 is 0 Å². The third kappa shape index (κ3) is 3.17. The van der Waals surface area contributed by atoms with E-state index in [-0.39, 0.29) is 5.91 Å². The van der Waals surface area contributed by atoms with Crippen molar-refractivity contribution in [3.05, 3.63) is 23.8 Å². The highest BCUT2D eigenvalue weighted by Crippen LogP contribution is 2.34. The largest absolute Gasteiger partial charge is 0.492 e. The van der Waals surface area contributed by atoms with E-state index in [1.165, 1.54) is 0 Å². The number of benzene rings is 1. The van der Waals surface area contributed by atoms with Gasteiger partial charge in [0.05, 0.1) is 12.2 Å². The molecule has 5 nitrogen and oxygen atoms in total. The fraction of sp³-hybridized carbons (Fsp3) is 0.500. The highest BCUT2D eigenvalue weighted by molar-refractivity contribution is 5.97. The molecule has 1 aromatic carbocycles. The van der Waals surface area contributed by atoms with Gasteiger partial charge in [-0.3, -0.25) is 4.79 Å². The number of hydrogen-bond acceptors (Lipinski definition) is 4. The van der Waals surface area contributed by atoms with E-state index >= 15 is 0 Å². The lowest BCUT2D eigenvalue weighted by Crippen LogP contribution is -2.42. The average Bonchev–Trinajstić information content (AvgIpc) is 2.99. The molecular weight excluding hydrogens is 268 g/mol. The van der Waals surface area contributed by atoms with Crippen LogP contribution in [0.5, 0.6) is 5.75 Å². The summed E-state index contributed by atoms with van der Waals surface area (Å²) < 4.78 is 10.8. The topological polar surface area (TPSA) is 71.3 Å². The number of methoxy groups -OCH3 is 1. The Morgan fingerprint density at radius 3 is 2.71 bits per heavy atom. The van der Waals surface area contributed by atoms with Crippen LogP contribution < -0.4 is 10.1 Å². The Morgan fingerprint density at radius 2 is 2.14 bits per heavy atom. The molecule has 1 aliphatic carbocycles. The number of hydrogen-bond donors (Lipinski definition) is 1. The van der Waals surface area contributed by atoms with Crippen LogP contribution in [0.15, 0.2) is 18.2 Å². The lowest BCUT2D eigenvalue weighted by Gasteiger charge is -2.26. The summed E-state index contributed by atoms with van der Waals surface area (Å²) >= 11 is 0. The van der Waals surface area contributed by atoms with Gasteiger partial charge in [-0.1, -0.05) is 0 Å². The van der Waals surface area contributed by atoms with Crippen molar-refractivity contribution in [2.75, 3.05) is 19.0 Å². The number of nitrogens with one attached hydrogen (secondary N) is 1. The first kappa shape index (κ1) is 15.3. The van der Waals surface area contributed by atoms with Crippen molar-refractivity contribution < 1.29 is 14.3 Å². The van der Waals surface area contributed by atoms with Gasteiger partial charge >= 0.3 is 0 Å². The molecule has 1 amide bonds. The molecule has 1 saturated carbocycles. The first-order valence-electron chi connectivity index (χ1n) is 7.19. The van der Waals surface area contributed by atoms with Gasteiger partial charge in [0, 0.05) is 12.8 Å². The fourth-order valence-corrected chi connectivity index (χ4v) is 2.69. The van der Waals surface area contributed by atoms with Gasteiger partial charge in [-0.15, -0.1) is 0 Å². The first-order chi connectivity index (χ1) is 10.1. The molecule has 1 N–H and O–H groups in total. The predicted molar refractivity (Wildman–Crippen MR) is 79.2 cm³/mol. The van der Waals surface area contributed by atoms with Crippen LogP contribution in [-0.2, 0) is 9.53 Å². The number of rotatable bonds is 5. The smallest absolute Gasteiger partial charge is 0.256 e. The summed E-state index contributed by atoms with van der Waals surface area (Å²) in [5.74, 6) is 0.385. The van der Waals surface area contributed by atoms with Crippen molar-refractivity contribution in [1.82, 2.24) is 0 Å². The van der Waals surface area contributed by atoms with Crippen molar-refractivity contribution in [1.29, 1.82) is 5.26 Å². The Hall–Kier alpha value is -2.06. The van der Waals surface area contributed by atoms with Crippen molar-refractivity contribution in [3.63, 3.8) is 0 Å². The standard InChI is InChI=1S/C16H20N2O3/c1-3-21-14-7-6-13(10-12(14)11-17)18-15(19)16(20-2)8-4-5-9-16/h6-7,10H,3-5,8-9H2,1-2H3,(H,18,19). The van der Waals surface area contributed by atoms with Gasteiger partial charge < -0.3 is 14.8 Å². The minimum absolute atomic E-state index is 0.143. The van der Waals surface area contributed by atoms with Crippen LogP contribution in [0.4, 0.5) is 5.69 Å². The molecule has 5 heteroatoms. The van der Waals surface area contributed by atoms with Gasteiger partial charge in [0.2, 0.25) is 0 Å². The molecule has 0 saturated heterocycles. The van der Waals surface area contributed by atoms with E-state index in [9.17, 15) is 4.79 Å². The molecule has 2 rings (SSSR count). The van der Waals surface area contributed by atoms with Crippen molar-refractivity contribution >= 4 is 11.6 Å². The molecule has 112 valence electrons. The molecule has 1 aliphatic rings. The minimum Gasteiger partial charge on any atom is -0.492 e. The van der Waals surface area contributed by atoms with Crippen LogP contribution in [-0.4, -0.2) is 25.2 Å². The first-order valence-corrected chi connectivity index (χ1v) is 7.19. The fourth-order valence-electron chi connectivity index (χ4n) is 2.69. The third-order valence-electron chi connectivity index (χ3n) is 3.87. The number of anilines is 1. The lowest BCUT2D eigenvalue weighted by atomic mass is 10.0. The molecule has 1 fully saturated rings. The quantitative estimate of drug-likeness (QED) is 0.904. The zero-order chi connectivity index (χ0) is 15.3. The van der Waals surface area contributed by atoms with E-state index < -0.39 is 5.60 Å². The highest BCUT2D eigenvalue weighted by atomic mass is 16.5. The van der Waals surface area contributed by atoms with E-state index in [2.05, 4.69) is 11.4 Å². The summed E-state index contributed by atoms with van der Waals surface area (Å²) in [6.45, 7) is 2.35. The Labute approximate surface area is 124 Å². The van der Waals surface area contributed by atoms with Crippen molar-refractivity contribution in [3.8, 4) is 11.8 Å². The zero-order valence-corrected chi connectivity index (χ0v) is 12.4. The van der Waals surface area contributed by atoms with Gasteiger partial charge in [0.1, 0.15) is 17.4 Å². The molecule has 0 spiro atoms.